The van der Waals surface area contributed by atoms with Gasteiger partial charge in [-0.1, -0.05) is 12.1 Å². The van der Waals surface area contributed by atoms with Crippen LogP contribution < -0.4 is 11.1 Å². The van der Waals surface area contributed by atoms with Crippen molar-refractivity contribution in [2.24, 2.45) is 11.7 Å². The van der Waals surface area contributed by atoms with Crippen LogP contribution in [-0.4, -0.2) is 22.0 Å². The van der Waals surface area contributed by atoms with Gasteiger partial charge in [0.05, 0.1) is 0 Å². The molecule has 0 spiro atoms. The standard InChI is InChI=1S/C16H20N4O/c17-16(21)14-4-1-12(2-5-14)9-18-10-13-3-6-15-19-7-8-20(15)11-13/h1-2,4-5,7-8,13,18H,3,6,9-11H2,(H2,17,21)/t13-/m1/s1. The molecule has 0 aliphatic carbocycles. The number of fused-ring (bicyclic) bond motifs is 1. The fourth-order valence-corrected chi connectivity index (χ4v) is 2.81. The molecule has 2 aromatic rings. The molecule has 1 amide bonds. The molecule has 1 atom stereocenters. The van der Waals surface area contributed by atoms with Gasteiger partial charge in [-0.2, -0.15) is 0 Å². The van der Waals surface area contributed by atoms with Gasteiger partial charge in [-0.15, -0.1) is 0 Å². The first-order chi connectivity index (χ1) is 10.2. The molecule has 0 fully saturated rings. The van der Waals surface area contributed by atoms with Crippen LogP contribution in [0, 0.1) is 5.92 Å². The lowest BCUT2D eigenvalue weighted by molar-refractivity contribution is 0.100. The normalized spacial score (nSPS) is 17.4. The molecule has 3 N–H and O–H groups in total. The van der Waals surface area contributed by atoms with E-state index in [4.69, 9.17) is 5.73 Å². The Morgan fingerprint density at radius 3 is 2.95 bits per heavy atom. The number of nitrogens with one attached hydrogen (secondary N) is 1. The van der Waals surface area contributed by atoms with Crippen LogP contribution >= 0.6 is 0 Å². The van der Waals surface area contributed by atoms with Gasteiger partial charge in [-0.25, -0.2) is 4.98 Å². The second kappa shape index (κ2) is 6.10. The molecular weight excluding hydrogens is 264 g/mol. The predicted molar refractivity (Wildman–Crippen MR) is 80.7 cm³/mol. The number of carbonyl (C=O) groups excluding carboxylic acids is 1. The highest BCUT2D eigenvalue weighted by Crippen LogP contribution is 2.18. The number of benzene rings is 1. The summed E-state index contributed by atoms with van der Waals surface area (Å²) in [6, 6.07) is 7.44. The number of nitrogens with zero attached hydrogens (tertiary/aromatic N) is 2. The fourth-order valence-electron chi connectivity index (χ4n) is 2.81. The Balaban J connectivity index is 1.47. The van der Waals surface area contributed by atoms with Gasteiger partial charge in [-0.3, -0.25) is 4.79 Å². The van der Waals surface area contributed by atoms with E-state index in [1.54, 1.807) is 12.1 Å². The van der Waals surface area contributed by atoms with Crippen LogP contribution in [0.5, 0.6) is 0 Å². The van der Waals surface area contributed by atoms with E-state index >= 15 is 0 Å². The Bertz CT molecular complexity index is 617. The number of hydrogen-bond donors (Lipinski definition) is 2. The number of aryl methyl sites for hydroxylation is 1. The van der Waals surface area contributed by atoms with Gasteiger partial charge in [0.2, 0.25) is 5.91 Å². The Morgan fingerprint density at radius 1 is 1.38 bits per heavy atom. The summed E-state index contributed by atoms with van der Waals surface area (Å²) in [6.07, 6.45) is 6.19. The average Bonchev–Trinajstić information content (AvgIpc) is 2.95. The van der Waals surface area contributed by atoms with E-state index < -0.39 is 0 Å². The summed E-state index contributed by atoms with van der Waals surface area (Å²) in [5, 5.41) is 3.49. The molecular formula is C16H20N4O. The molecule has 0 unspecified atom stereocenters. The molecule has 2 heterocycles. The quantitative estimate of drug-likeness (QED) is 0.870. The third kappa shape index (κ3) is 3.31. The Morgan fingerprint density at radius 2 is 2.19 bits per heavy atom. The van der Waals surface area contributed by atoms with E-state index in [0.29, 0.717) is 11.5 Å². The largest absolute Gasteiger partial charge is 0.366 e. The number of primary amides is 1. The third-order valence-electron chi connectivity index (χ3n) is 4.03. The fraction of sp³-hybridized carbons (Fsp3) is 0.375. The van der Waals surface area contributed by atoms with Crippen LogP contribution in [0.25, 0.3) is 0 Å². The lowest BCUT2D eigenvalue weighted by Gasteiger charge is -2.24. The maximum absolute atomic E-state index is 11.0. The summed E-state index contributed by atoms with van der Waals surface area (Å²) in [4.78, 5) is 15.4. The number of amides is 1. The van der Waals surface area contributed by atoms with Gasteiger partial charge < -0.3 is 15.6 Å². The minimum atomic E-state index is -0.382. The molecule has 5 heteroatoms. The highest BCUT2D eigenvalue weighted by Gasteiger charge is 2.18. The summed E-state index contributed by atoms with van der Waals surface area (Å²) in [5.41, 5.74) is 6.95. The first-order valence-corrected chi connectivity index (χ1v) is 7.32. The van der Waals surface area contributed by atoms with Crippen molar-refractivity contribution in [3.63, 3.8) is 0 Å². The molecule has 3 rings (SSSR count). The first-order valence-electron chi connectivity index (χ1n) is 7.32. The van der Waals surface area contributed by atoms with E-state index in [2.05, 4.69) is 21.1 Å². The number of nitrogens with two attached hydrogens (primary N) is 1. The zero-order valence-electron chi connectivity index (χ0n) is 12.0. The maximum atomic E-state index is 11.0. The monoisotopic (exact) mass is 284 g/mol. The topological polar surface area (TPSA) is 72.9 Å². The molecule has 1 aliphatic rings. The Kier molecular flexibility index (Phi) is 4.01. The molecule has 1 aromatic heterocycles. The van der Waals surface area contributed by atoms with Gasteiger partial charge in [0.25, 0.3) is 0 Å². The lowest BCUT2D eigenvalue weighted by Crippen LogP contribution is -2.29. The zero-order chi connectivity index (χ0) is 14.7. The van der Waals surface area contributed by atoms with Gasteiger partial charge in [-0.05, 0) is 36.6 Å². The van der Waals surface area contributed by atoms with Crippen LogP contribution in [0.3, 0.4) is 0 Å². The summed E-state index contributed by atoms with van der Waals surface area (Å²) in [5.74, 6) is 1.47. The first kappa shape index (κ1) is 13.8. The van der Waals surface area contributed by atoms with Crippen LogP contribution in [0.1, 0.15) is 28.2 Å². The Hall–Kier alpha value is -2.14. The smallest absolute Gasteiger partial charge is 0.248 e. The second-order valence-corrected chi connectivity index (χ2v) is 5.59. The maximum Gasteiger partial charge on any atom is 0.248 e. The molecule has 110 valence electrons. The zero-order valence-corrected chi connectivity index (χ0v) is 12.0. The Labute approximate surface area is 124 Å². The van der Waals surface area contributed by atoms with Crippen LogP contribution in [0.2, 0.25) is 0 Å². The molecule has 0 bridgehead atoms. The predicted octanol–water partition coefficient (Wildman–Crippen LogP) is 1.33. The lowest BCUT2D eigenvalue weighted by atomic mass is 9.99. The number of aromatic nitrogens is 2. The number of hydrogen-bond acceptors (Lipinski definition) is 3. The second-order valence-electron chi connectivity index (χ2n) is 5.59. The highest BCUT2D eigenvalue weighted by molar-refractivity contribution is 5.92. The number of imidazole rings is 1. The third-order valence-corrected chi connectivity index (χ3v) is 4.03. The van der Waals surface area contributed by atoms with Crippen molar-refractivity contribution in [2.45, 2.75) is 25.9 Å². The summed E-state index contributed by atoms with van der Waals surface area (Å²) in [7, 11) is 0. The molecule has 0 saturated carbocycles. The van der Waals surface area contributed by atoms with Crippen LogP contribution in [0.4, 0.5) is 0 Å². The summed E-state index contributed by atoms with van der Waals surface area (Å²) >= 11 is 0. The van der Waals surface area contributed by atoms with E-state index in [1.807, 2.05) is 18.3 Å². The molecule has 1 aromatic carbocycles. The van der Waals surface area contributed by atoms with Crippen LogP contribution in [-0.2, 0) is 19.5 Å². The van der Waals surface area contributed by atoms with E-state index in [0.717, 1.165) is 26.1 Å². The van der Waals surface area contributed by atoms with Crippen molar-refractivity contribution < 1.29 is 4.79 Å². The van der Waals surface area contributed by atoms with Crippen molar-refractivity contribution in [3.8, 4) is 0 Å². The SMILES string of the molecule is NC(=O)c1ccc(CNC[C@H]2CCc3nccn3C2)cc1. The van der Waals surface area contributed by atoms with Crippen molar-refractivity contribution in [2.75, 3.05) is 6.54 Å². The van der Waals surface area contributed by atoms with E-state index in [1.165, 1.54) is 17.8 Å². The van der Waals surface area contributed by atoms with Gasteiger partial charge in [0.1, 0.15) is 5.82 Å². The molecule has 1 aliphatic heterocycles. The summed E-state index contributed by atoms with van der Waals surface area (Å²) < 4.78 is 2.25. The van der Waals surface area contributed by atoms with Crippen molar-refractivity contribution >= 4 is 5.91 Å². The van der Waals surface area contributed by atoms with E-state index in [-0.39, 0.29) is 5.91 Å². The van der Waals surface area contributed by atoms with Gasteiger partial charge in [0, 0.05) is 37.5 Å². The minimum absolute atomic E-state index is 0.382. The summed E-state index contributed by atoms with van der Waals surface area (Å²) in [6.45, 7) is 2.85. The minimum Gasteiger partial charge on any atom is -0.366 e. The van der Waals surface area contributed by atoms with Crippen molar-refractivity contribution in [1.29, 1.82) is 0 Å². The van der Waals surface area contributed by atoms with Gasteiger partial charge in [0.15, 0.2) is 0 Å². The molecule has 21 heavy (non-hydrogen) atoms. The van der Waals surface area contributed by atoms with Crippen molar-refractivity contribution in [1.82, 2.24) is 14.9 Å². The molecule has 0 radical (unpaired) electrons. The molecule has 5 nitrogen and oxygen atoms in total. The number of carbonyl (C=O) groups is 1. The van der Waals surface area contributed by atoms with E-state index in [9.17, 15) is 4.79 Å². The van der Waals surface area contributed by atoms with Gasteiger partial charge >= 0.3 is 0 Å². The average molecular weight is 284 g/mol. The molecule has 0 saturated heterocycles. The van der Waals surface area contributed by atoms with Crippen LogP contribution in [0.15, 0.2) is 36.7 Å². The van der Waals surface area contributed by atoms with Crippen molar-refractivity contribution in [3.05, 3.63) is 53.6 Å². The number of rotatable bonds is 5. The highest BCUT2D eigenvalue weighted by atomic mass is 16.1.